The maximum absolute atomic E-state index is 6.67. The predicted octanol–water partition coefficient (Wildman–Crippen LogP) is 14.6. The molecule has 0 bridgehead atoms. The molecule has 53 heavy (non-hydrogen) atoms. The van der Waals surface area contributed by atoms with E-state index in [4.69, 9.17) is 8.83 Å². The third-order valence-corrected chi connectivity index (χ3v) is 10.6. The predicted molar refractivity (Wildman–Crippen MR) is 222 cm³/mol. The van der Waals surface area contributed by atoms with Gasteiger partial charge in [0.15, 0.2) is 0 Å². The molecule has 9 aromatic carbocycles. The summed E-state index contributed by atoms with van der Waals surface area (Å²) in [6.07, 6.45) is 0. The molecule has 11 aromatic rings. The highest BCUT2D eigenvalue weighted by Crippen LogP contribution is 2.45. The monoisotopic (exact) mass is 677 g/mol. The topological polar surface area (TPSA) is 29.5 Å². The van der Waals surface area contributed by atoms with Crippen molar-refractivity contribution < 1.29 is 8.83 Å². The van der Waals surface area contributed by atoms with Gasteiger partial charge in [0.25, 0.3) is 0 Å². The molecule has 0 spiro atoms. The van der Waals surface area contributed by atoms with Gasteiger partial charge < -0.3 is 13.7 Å². The summed E-state index contributed by atoms with van der Waals surface area (Å²) in [6, 6.07) is 66.9. The summed E-state index contributed by atoms with van der Waals surface area (Å²) in [6.45, 7) is 0. The molecule has 2 aromatic heterocycles. The van der Waals surface area contributed by atoms with Crippen LogP contribution in [0.4, 0.5) is 17.1 Å². The number of hydrogen-bond acceptors (Lipinski definition) is 3. The van der Waals surface area contributed by atoms with Crippen LogP contribution in [0, 0.1) is 0 Å². The Hall–Kier alpha value is -7.10. The van der Waals surface area contributed by atoms with Gasteiger partial charge in [-0.1, -0.05) is 121 Å². The van der Waals surface area contributed by atoms with Gasteiger partial charge in [0.2, 0.25) is 0 Å². The summed E-state index contributed by atoms with van der Waals surface area (Å²) in [5.41, 5.74) is 11.4. The minimum absolute atomic E-state index is 0.861. The van der Waals surface area contributed by atoms with Crippen molar-refractivity contribution in [2.24, 2.45) is 0 Å². The first-order valence-electron chi connectivity index (χ1n) is 18.0. The molecule has 0 fully saturated rings. The van der Waals surface area contributed by atoms with E-state index < -0.39 is 0 Å². The molecule has 0 saturated carbocycles. The van der Waals surface area contributed by atoms with Crippen LogP contribution in [0.1, 0.15) is 0 Å². The Morgan fingerprint density at radius 2 is 0.981 bits per heavy atom. The van der Waals surface area contributed by atoms with Crippen LogP contribution >= 0.6 is 0 Å². The van der Waals surface area contributed by atoms with Crippen molar-refractivity contribution in [2.75, 3.05) is 4.90 Å². The minimum atomic E-state index is 0.861. The Morgan fingerprint density at radius 1 is 0.321 bits per heavy atom. The van der Waals surface area contributed by atoms with Crippen molar-refractivity contribution >= 4 is 82.5 Å². The highest BCUT2D eigenvalue weighted by molar-refractivity contribution is 6.19. The lowest BCUT2D eigenvalue weighted by Crippen LogP contribution is -2.10. The van der Waals surface area contributed by atoms with Crippen LogP contribution in [0.3, 0.4) is 0 Å². The minimum Gasteiger partial charge on any atom is -0.456 e. The lowest BCUT2D eigenvalue weighted by atomic mass is 9.99. The van der Waals surface area contributed by atoms with Crippen molar-refractivity contribution in [1.82, 2.24) is 0 Å². The van der Waals surface area contributed by atoms with Crippen LogP contribution in [-0.2, 0) is 0 Å². The van der Waals surface area contributed by atoms with Crippen molar-refractivity contribution in [3.63, 3.8) is 0 Å². The summed E-state index contributed by atoms with van der Waals surface area (Å²) in [4.78, 5) is 2.37. The van der Waals surface area contributed by atoms with Crippen molar-refractivity contribution in [3.05, 3.63) is 188 Å². The number of rotatable bonds is 5. The largest absolute Gasteiger partial charge is 0.456 e. The summed E-state index contributed by atoms with van der Waals surface area (Å²) in [5.74, 6) is 0. The number of furan rings is 2. The number of benzene rings is 9. The lowest BCUT2D eigenvalue weighted by molar-refractivity contribution is 0.669. The number of anilines is 3. The summed E-state index contributed by atoms with van der Waals surface area (Å²) < 4.78 is 12.8. The molecule has 0 saturated heterocycles. The molecule has 0 N–H and O–H groups in total. The van der Waals surface area contributed by atoms with Crippen LogP contribution in [0.25, 0.3) is 87.7 Å². The third-order valence-electron chi connectivity index (χ3n) is 10.6. The molecule has 2 heterocycles. The van der Waals surface area contributed by atoms with Crippen molar-refractivity contribution in [2.45, 2.75) is 0 Å². The van der Waals surface area contributed by atoms with Gasteiger partial charge in [0.1, 0.15) is 22.3 Å². The molecule has 248 valence electrons. The van der Waals surface area contributed by atoms with Crippen LogP contribution in [0.2, 0.25) is 0 Å². The SMILES string of the molecule is c1cc(-c2ccc3oc4ccccc4c3c2)cc(N(c2ccc(-c3ccc4ccccc4c3)cc2)c2cccc3oc4c5ccccc5ccc4c23)c1. The Morgan fingerprint density at radius 3 is 1.89 bits per heavy atom. The average Bonchev–Trinajstić information content (AvgIpc) is 3.80. The van der Waals surface area contributed by atoms with Crippen molar-refractivity contribution in [3.8, 4) is 22.3 Å². The molecule has 3 heteroatoms. The molecule has 0 aliphatic rings. The van der Waals surface area contributed by atoms with Crippen LogP contribution in [-0.4, -0.2) is 0 Å². The first-order valence-corrected chi connectivity index (χ1v) is 18.0. The average molecular weight is 678 g/mol. The second-order valence-electron chi connectivity index (χ2n) is 13.7. The van der Waals surface area contributed by atoms with E-state index in [-0.39, 0.29) is 0 Å². The maximum Gasteiger partial charge on any atom is 0.143 e. The normalized spacial score (nSPS) is 11.8. The quantitative estimate of drug-likeness (QED) is 0.182. The van der Waals surface area contributed by atoms with Gasteiger partial charge in [0.05, 0.1) is 11.1 Å². The second-order valence-corrected chi connectivity index (χ2v) is 13.7. The Kier molecular flexibility index (Phi) is 6.55. The Balaban J connectivity index is 1.10. The van der Waals surface area contributed by atoms with Crippen LogP contribution < -0.4 is 4.90 Å². The molecule has 0 unspecified atom stereocenters. The molecular weight excluding hydrogens is 647 g/mol. The smallest absolute Gasteiger partial charge is 0.143 e. The van der Waals surface area contributed by atoms with E-state index in [0.29, 0.717) is 0 Å². The van der Waals surface area contributed by atoms with Gasteiger partial charge in [-0.25, -0.2) is 0 Å². The molecule has 0 aliphatic carbocycles. The third kappa shape index (κ3) is 4.82. The highest BCUT2D eigenvalue weighted by Gasteiger charge is 2.21. The molecule has 0 aliphatic heterocycles. The zero-order chi connectivity index (χ0) is 34.9. The molecule has 0 amide bonds. The van der Waals surface area contributed by atoms with Gasteiger partial charge in [0, 0.05) is 32.9 Å². The van der Waals surface area contributed by atoms with Crippen molar-refractivity contribution in [1.29, 1.82) is 0 Å². The van der Waals surface area contributed by atoms with Crippen LogP contribution in [0.5, 0.6) is 0 Å². The standard InChI is InChI=1S/C50H31NO2/c1-2-11-35-29-37(20-19-32(35)9-1)33-21-25-39(26-22-33)51(45-16-8-18-48-49(45)43-27-23-34-10-3-4-14-41(34)50(43)53-48)40-13-7-12-36(30-40)38-24-28-47-44(31-38)42-15-5-6-17-46(42)52-47/h1-31H. The van der Waals surface area contributed by atoms with Gasteiger partial charge in [-0.2, -0.15) is 0 Å². The van der Waals surface area contributed by atoms with E-state index in [1.807, 2.05) is 12.1 Å². The fraction of sp³-hybridized carbons (Fsp3) is 0. The summed E-state index contributed by atoms with van der Waals surface area (Å²) >= 11 is 0. The van der Waals surface area contributed by atoms with E-state index in [9.17, 15) is 0 Å². The number of para-hydroxylation sites is 1. The van der Waals surface area contributed by atoms with E-state index in [2.05, 4.69) is 181 Å². The van der Waals surface area contributed by atoms with E-state index in [1.54, 1.807) is 0 Å². The van der Waals surface area contributed by atoms with Gasteiger partial charge in [-0.15, -0.1) is 0 Å². The molecule has 3 nitrogen and oxygen atoms in total. The second kappa shape index (κ2) is 11.7. The lowest BCUT2D eigenvalue weighted by Gasteiger charge is -2.27. The van der Waals surface area contributed by atoms with Crippen LogP contribution in [0.15, 0.2) is 197 Å². The molecule has 0 radical (unpaired) electrons. The fourth-order valence-corrected chi connectivity index (χ4v) is 8.05. The van der Waals surface area contributed by atoms with Gasteiger partial charge in [-0.3, -0.25) is 0 Å². The fourth-order valence-electron chi connectivity index (χ4n) is 8.05. The number of nitrogens with zero attached hydrogens (tertiary/aromatic N) is 1. The zero-order valence-electron chi connectivity index (χ0n) is 28.7. The first-order chi connectivity index (χ1) is 26.2. The Bertz CT molecular complexity index is 3180. The first kappa shape index (κ1) is 29.6. The molecular formula is C50H31NO2. The Labute approximate surface area is 305 Å². The van der Waals surface area contributed by atoms with E-state index >= 15 is 0 Å². The molecule has 0 atom stereocenters. The summed E-state index contributed by atoms with van der Waals surface area (Å²) in [5, 5.41) is 9.18. The number of hydrogen-bond donors (Lipinski definition) is 0. The molecule has 11 rings (SSSR count). The van der Waals surface area contributed by atoms with Gasteiger partial charge in [-0.05, 0) is 105 Å². The van der Waals surface area contributed by atoms with E-state index in [0.717, 1.165) is 82.8 Å². The zero-order valence-corrected chi connectivity index (χ0v) is 28.7. The highest BCUT2D eigenvalue weighted by atomic mass is 16.3. The van der Waals surface area contributed by atoms with Gasteiger partial charge >= 0.3 is 0 Å². The number of fused-ring (bicyclic) bond motifs is 9. The summed E-state index contributed by atoms with van der Waals surface area (Å²) in [7, 11) is 0. The maximum atomic E-state index is 6.67. The van der Waals surface area contributed by atoms with E-state index in [1.165, 1.54) is 21.9 Å².